The first-order chi connectivity index (χ1) is 10.00. The van der Waals surface area contributed by atoms with E-state index in [-0.39, 0.29) is 11.9 Å². The van der Waals surface area contributed by atoms with E-state index in [2.05, 4.69) is 47.7 Å². The molecule has 1 aliphatic heterocycles. The van der Waals surface area contributed by atoms with E-state index in [1.54, 1.807) is 6.07 Å². The summed E-state index contributed by atoms with van der Waals surface area (Å²) < 4.78 is 13.4. The van der Waals surface area contributed by atoms with Crippen molar-refractivity contribution in [3.05, 3.63) is 29.8 Å². The first-order valence-corrected chi connectivity index (χ1v) is 8.70. The van der Waals surface area contributed by atoms with Crippen LogP contribution in [0.15, 0.2) is 18.3 Å². The molecule has 118 valence electrons. The molecule has 2 heterocycles. The van der Waals surface area contributed by atoms with Crippen molar-refractivity contribution in [2.45, 2.75) is 38.0 Å². The van der Waals surface area contributed by atoms with Gasteiger partial charge in [-0.25, -0.2) is 4.39 Å². The van der Waals surface area contributed by atoms with E-state index in [9.17, 15) is 4.39 Å². The third-order valence-electron chi connectivity index (χ3n) is 3.80. The fourth-order valence-electron chi connectivity index (χ4n) is 2.81. The molecule has 3 nitrogen and oxygen atoms in total. The summed E-state index contributed by atoms with van der Waals surface area (Å²) in [5.74, 6) is 0.928. The van der Waals surface area contributed by atoms with Crippen LogP contribution in [0.1, 0.15) is 38.9 Å². The maximum atomic E-state index is 13.0. The fraction of sp³-hybridized carbons (Fsp3) is 0.688. The number of hydrogen-bond donors (Lipinski definition) is 1. The van der Waals surface area contributed by atoms with Gasteiger partial charge in [-0.1, -0.05) is 6.92 Å². The fourth-order valence-corrected chi connectivity index (χ4v) is 3.99. The average Bonchev–Trinajstić information content (AvgIpc) is 2.43. The highest BCUT2D eigenvalue weighted by Crippen LogP contribution is 2.30. The Morgan fingerprint density at radius 3 is 2.90 bits per heavy atom. The minimum Gasteiger partial charge on any atom is -0.309 e. The van der Waals surface area contributed by atoms with Crippen LogP contribution in [0.3, 0.4) is 0 Å². The van der Waals surface area contributed by atoms with E-state index in [0.717, 1.165) is 38.3 Å². The highest BCUT2D eigenvalue weighted by Gasteiger charge is 2.27. The summed E-state index contributed by atoms with van der Waals surface area (Å²) in [4.78, 5) is 6.76. The van der Waals surface area contributed by atoms with Gasteiger partial charge in [0.15, 0.2) is 0 Å². The SMILES string of the molecule is CCNC(CCN1CCSC(C)(C)C1)c1ccc(F)cn1. The van der Waals surface area contributed by atoms with Crippen LogP contribution in [0.4, 0.5) is 4.39 Å². The maximum Gasteiger partial charge on any atom is 0.141 e. The Morgan fingerprint density at radius 1 is 1.48 bits per heavy atom. The van der Waals surface area contributed by atoms with E-state index in [1.165, 1.54) is 18.0 Å². The van der Waals surface area contributed by atoms with E-state index in [4.69, 9.17) is 0 Å². The molecule has 0 bridgehead atoms. The third kappa shape index (κ3) is 5.24. The number of rotatable bonds is 6. The van der Waals surface area contributed by atoms with Gasteiger partial charge >= 0.3 is 0 Å². The van der Waals surface area contributed by atoms with Crippen LogP contribution in [-0.2, 0) is 0 Å². The summed E-state index contributed by atoms with van der Waals surface area (Å²) in [7, 11) is 0. The molecule has 0 aromatic carbocycles. The first kappa shape index (κ1) is 16.7. The Kier molecular flexibility index (Phi) is 6.02. The van der Waals surface area contributed by atoms with Crippen LogP contribution >= 0.6 is 11.8 Å². The number of nitrogens with one attached hydrogen (secondary N) is 1. The van der Waals surface area contributed by atoms with E-state index in [1.807, 2.05) is 0 Å². The molecule has 1 saturated heterocycles. The molecule has 0 radical (unpaired) electrons. The number of aromatic nitrogens is 1. The zero-order valence-electron chi connectivity index (χ0n) is 13.2. The number of halogens is 1. The van der Waals surface area contributed by atoms with Crippen molar-refractivity contribution in [3.63, 3.8) is 0 Å². The summed E-state index contributed by atoms with van der Waals surface area (Å²) in [5.41, 5.74) is 0.934. The largest absolute Gasteiger partial charge is 0.309 e. The molecule has 1 fully saturated rings. The number of hydrogen-bond acceptors (Lipinski definition) is 4. The summed E-state index contributed by atoms with van der Waals surface area (Å²) >= 11 is 2.06. The molecule has 1 unspecified atom stereocenters. The summed E-state index contributed by atoms with van der Waals surface area (Å²) in [6.07, 6.45) is 2.31. The molecule has 21 heavy (non-hydrogen) atoms. The number of pyridine rings is 1. The van der Waals surface area contributed by atoms with Crippen molar-refractivity contribution in [2.75, 3.05) is 31.9 Å². The van der Waals surface area contributed by atoms with Crippen LogP contribution < -0.4 is 5.32 Å². The molecule has 1 aliphatic rings. The maximum absolute atomic E-state index is 13.0. The van der Waals surface area contributed by atoms with Gasteiger partial charge in [0.1, 0.15) is 5.82 Å². The Hall–Kier alpha value is -0.650. The second kappa shape index (κ2) is 7.56. The lowest BCUT2D eigenvalue weighted by atomic mass is 10.1. The van der Waals surface area contributed by atoms with Crippen molar-refractivity contribution in [1.29, 1.82) is 0 Å². The monoisotopic (exact) mass is 311 g/mol. The normalized spacial score (nSPS) is 20.4. The predicted octanol–water partition coefficient (Wildman–Crippen LogP) is 3.09. The highest BCUT2D eigenvalue weighted by molar-refractivity contribution is 8.00. The van der Waals surface area contributed by atoms with Gasteiger partial charge in [-0.3, -0.25) is 4.98 Å². The van der Waals surface area contributed by atoms with E-state index < -0.39 is 0 Å². The quantitative estimate of drug-likeness (QED) is 0.874. The van der Waals surface area contributed by atoms with Crippen LogP contribution in [-0.4, -0.2) is 46.6 Å². The van der Waals surface area contributed by atoms with Gasteiger partial charge in [-0.05, 0) is 38.9 Å². The molecule has 1 aromatic heterocycles. The second-order valence-corrected chi connectivity index (χ2v) is 7.99. The van der Waals surface area contributed by atoms with Crippen molar-refractivity contribution in [2.24, 2.45) is 0 Å². The third-order valence-corrected chi connectivity index (χ3v) is 5.09. The van der Waals surface area contributed by atoms with Crippen LogP contribution in [0.5, 0.6) is 0 Å². The minimum absolute atomic E-state index is 0.202. The lowest BCUT2D eigenvalue weighted by Gasteiger charge is -2.38. The molecule has 1 N–H and O–H groups in total. The molecular formula is C16H26FN3S. The second-order valence-electron chi connectivity index (χ2n) is 6.18. The molecule has 0 spiro atoms. The predicted molar refractivity (Wildman–Crippen MR) is 88.2 cm³/mol. The molecule has 5 heteroatoms. The zero-order chi connectivity index (χ0) is 15.3. The Bertz CT molecular complexity index is 436. The summed E-state index contributed by atoms with van der Waals surface area (Å²) in [6.45, 7) is 11.0. The van der Waals surface area contributed by atoms with E-state index in [0.29, 0.717) is 4.75 Å². The topological polar surface area (TPSA) is 28.2 Å². The molecular weight excluding hydrogens is 285 g/mol. The van der Waals surface area contributed by atoms with E-state index >= 15 is 0 Å². The van der Waals surface area contributed by atoms with Crippen LogP contribution in [0.2, 0.25) is 0 Å². The van der Waals surface area contributed by atoms with Crippen molar-refractivity contribution >= 4 is 11.8 Å². The van der Waals surface area contributed by atoms with Crippen molar-refractivity contribution < 1.29 is 4.39 Å². The Morgan fingerprint density at radius 2 is 2.29 bits per heavy atom. The number of nitrogens with zero attached hydrogens (tertiary/aromatic N) is 2. The smallest absolute Gasteiger partial charge is 0.141 e. The molecule has 1 aromatic rings. The zero-order valence-corrected chi connectivity index (χ0v) is 14.0. The number of thioether (sulfide) groups is 1. The lowest BCUT2D eigenvalue weighted by Crippen LogP contribution is -2.44. The average molecular weight is 311 g/mol. The summed E-state index contributed by atoms with van der Waals surface area (Å²) in [5, 5.41) is 3.46. The first-order valence-electron chi connectivity index (χ1n) is 7.71. The molecule has 0 amide bonds. The van der Waals surface area contributed by atoms with Crippen LogP contribution in [0.25, 0.3) is 0 Å². The summed E-state index contributed by atoms with van der Waals surface area (Å²) in [6, 6.07) is 3.49. The molecule has 0 aliphatic carbocycles. The molecule has 1 atom stereocenters. The van der Waals surface area contributed by atoms with Gasteiger partial charge in [-0.2, -0.15) is 11.8 Å². The Labute approximate surface area is 131 Å². The molecule has 2 rings (SSSR count). The minimum atomic E-state index is -0.274. The van der Waals surface area contributed by atoms with Gasteiger partial charge in [0.25, 0.3) is 0 Å². The highest BCUT2D eigenvalue weighted by atomic mass is 32.2. The van der Waals surface area contributed by atoms with Gasteiger partial charge in [0, 0.05) is 30.1 Å². The Balaban J connectivity index is 1.92. The van der Waals surface area contributed by atoms with Gasteiger partial charge in [0.2, 0.25) is 0 Å². The van der Waals surface area contributed by atoms with Crippen molar-refractivity contribution in [1.82, 2.24) is 15.2 Å². The van der Waals surface area contributed by atoms with Gasteiger partial charge < -0.3 is 10.2 Å². The van der Waals surface area contributed by atoms with Crippen molar-refractivity contribution in [3.8, 4) is 0 Å². The molecule has 0 saturated carbocycles. The van der Waals surface area contributed by atoms with Gasteiger partial charge in [0.05, 0.1) is 17.9 Å². The van der Waals surface area contributed by atoms with Crippen LogP contribution in [0, 0.1) is 5.82 Å². The standard InChI is InChI=1S/C16H26FN3S/c1-4-18-15(14-6-5-13(17)11-19-14)7-8-20-9-10-21-16(2,3)12-20/h5-6,11,15,18H,4,7-10,12H2,1-3H3. The van der Waals surface area contributed by atoms with Gasteiger partial charge in [-0.15, -0.1) is 0 Å². The lowest BCUT2D eigenvalue weighted by molar-refractivity contribution is 0.245.